The summed E-state index contributed by atoms with van der Waals surface area (Å²) in [6.07, 6.45) is 1.80. The lowest BCUT2D eigenvalue weighted by Crippen LogP contribution is -2.14. The lowest BCUT2D eigenvalue weighted by Gasteiger charge is -2.17. The molecule has 4 heteroatoms. The molecule has 0 fully saturated rings. The van der Waals surface area contributed by atoms with Gasteiger partial charge in [0.25, 0.3) is 0 Å². The van der Waals surface area contributed by atoms with E-state index in [1.165, 1.54) is 21.8 Å². The average Bonchev–Trinajstić information content (AvgIpc) is 2.74. The number of fused-ring (bicyclic) bond motifs is 3. The van der Waals surface area contributed by atoms with Crippen molar-refractivity contribution in [3.8, 4) is 11.1 Å². The zero-order valence-electron chi connectivity index (χ0n) is 11.6. The highest BCUT2D eigenvalue weighted by Gasteiger charge is 2.28. The molecule has 0 bridgehead atoms. The van der Waals surface area contributed by atoms with Crippen LogP contribution >= 0.6 is 11.3 Å². The van der Waals surface area contributed by atoms with Crippen molar-refractivity contribution >= 4 is 22.3 Å². The molecule has 20 heavy (non-hydrogen) atoms. The number of carbonyl (C=O) groups is 1. The maximum Gasteiger partial charge on any atom is 0.342 e. The highest BCUT2D eigenvalue weighted by Crippen LogP contribution is 2.44. The number of nitrogens with two attached hydrogens (primary N) is 1. The minimum absolute atomic E-state index is 0.142. The van der Waals surface area contributed by atoms with E-state index in [1.54, 1.807) is 0 Å². The molecule has 3 nitrogen and oxygen atoms in total. The monoisotopic (exact) mass is 287 g/mol. The Labute approximate surface area is 122 Å². The first kappa shape index (κ1) is 13.2. The number of esters is 1. The first-order valence-electron chi connectivity index (χ1n) is 6.78. The fourth-order valence-electron chi connectivity index (χ4n) is 2.66. The van der Waals surface area contributed by atoms with Crippen LogP contribution in [0.5, 0.6) is 0 Å². The van der Waals surface area contributed by atoms with Crippen molar-refractivity contribution in [1.82, 2.24) is 0 Å². The molecule has 0 saturated heterocycles. The summed E-state index contributed by atoms with van der Waals surface area (Å²) in [5.74, 6) is -0.313. The zero-order chi connectivity index (χ0) is 14.3. The van der Waals surface area contributed by atoms with Gasteiger partial charge in [-0.25, -0.2) is 4.79 Å². The Bertz CT molecular complexity index is 673. The van der Waals surface area contributed by atoms with Crippen molar-refractivity contribution in [1.29, 1.82) is 0 Å². The second-order valence-corrected chi connectivity index (χ2v) is 6.39. The van der Waals surface area contributed by atoms with Gasteiger partial charge in [-0.05, 0) is 37.8 Å². The summed E-state index contributed by atoms with van der Waals surface area (Å²) in [6.45, 7) is 3.70. The number of aryl methyl sites for hydroxylation is 2. The van der Waals surface area contributed by atoms with Gasteiger partial charge in [-0.15, -0.1) is 11.3 Å². The number of nitrogen functional groups attached to an aromatic ring is 1. The number of benzene rings is 1. The fraction of sp³-hybridized carbons (Fsp3) is 0.312. The van der Waals surface area contributed by atoms with Crippen molar-refractivity contribution in [3.05, 3.63) is 40.3 Å². The molecule has 0 saturated carbocycles. The molecule has 0 radical (unpaired) electrons. The Balaban J connectivity index is 2.15. The van der Waals surface area contributed by atoms with Crippen LogP contribution in [0.25, 0.3) is 11.1 Å². The lowest BCUT2D eigenvalue weighted by molar-refractivity contribution is 0.0380. The molecular weight excluding hydrogens is 270 g/mol. The van der Waals surface area contributed by atoms with Crippen LogP contribution in [0.15, 0.2) is 24.3 Å². The van der Waals surface area contributed by atoms with Gasteiger partial charge in [0.15, 0.2) is 0 Å². The minimum Gasteiger partial charge on any atom is -0.459 e. The third-order valence-electron chi connectivity index (χ3n) is 3.46. The summed E-state index contributed by atoms with van der Waals surface area (Å²) in [5.41, 5.74) is 10.0. The van der Waals surface area contributed by atoms with Crippen LogP contribution in [0, 0.1) is 0 Å². The van der Waals surface area contributed by atoms with Crippen molar-refractivity contribution in [2.75, 3.05) is 5.73 Å². The highest BCUT2D eigenvalue weighted by atomic mass is 32.1. The van der Waals surface area contributed by atoms with E-state index in [0.29, 0.717) is 10.6 Å². The standard InChI is InChI=1S/C16H17NO2S/c1-9(2)19-16(18)14-13-11-6-4-3-5-10(11)7-8-12(13)20-15(14)17/h3-6,9H,7-8,17H2,1-2H3. The molecule has 1 aromatic heterocycles. The first-order valence-corrected chi connectivity index (χ1v) is 7.60. The van der Waals surface area contributed by atoms with Crippen LogP contribution in [0.1, 0.15) is 34.6 Å². The molecule has 1 heterocycles. The van der Waals surface area contributed by atoms with Gasteiger partial charge in [-0.1, -0.05) is 24.3 Å². The second kappa shape index (κ2) is 4.94. The molecule has 1 aliphatic rings. The molecule has 0 aliphatic heterocycles. The molecule has 0 spiro atoms. The van der Waals surface area contributed by atoms with Crippen molar-refractivity contribution in [2.45, 2.75) is 32.8 Å². The minimum atomic E-state index is -0.313. The predicted molar refractivity (Wildman–Crippen MR) is 82.1 cm³/mol. The number of rotatable bonds is 2. The Morgan fingerprint density at radius 3 is 2.80 bits per heavy atom. The maximum absolute atomic E-state index is 12.3. The Morgan fingerprint density at radius 2 is 2.05 bits per heavy atom. The van der Waals surface area contributed by atoms with Gasteiger partial charge in [-0.3, -0.25) is 0 Å². The van der Waals surface area contributed by atoms with Crippen molar-refractivity contribution < 1.29 is 9.53 Å². The summed E-state index contributed by atoms with van der Waals surface area (Å²) < 4.78 is 5.34. The van der Waals surface area contributed by atoms with Crippen LogP contribution in [0.2, 0.25) is 0 Å². The molecular formula is C16H17NO2S. The second-order valence-electron chi connectivity index (χ2n) is 5.25. The lowest BCUT2D eigenvalue weighted by atomic mass is 9.88. The molecule has 2 N–H and O–H groups in total. The number of anilines is 1. The van der Waals surface area contributed by atoms with Gasteiger partial charge < -0.3 is 10.5 Å². The van der Waals surface area contributed by atoms with E-state index in [-0.39, 0.29) is 12.1 Å². The molecule has 1 aliphatic carbocycles. The summed E-state index contributed by atoms with van der Waals surface area (Å²) in [4.78, 5) is 13.5. The maximum atomic E-state index is 12.3. The van der Waals surface area contributed by atoms with Crippen LogP contribution in [0.3, 0.4) is 0 Å². The van der Waals surface area contributed by atoms with E-state index in [2.05, 4.69) is 12.1 Å². The van der Waals surface area contributed by atoms with Gasteiger partial charge in [0.05, 0.1) is 6.10 Å². The zero-order valence-corrected chi connectivity index (χ0v) is 12.4. The van der Waals surface area contributed by atoms with Crippen molar-refractivity contribution in [3.63, 3.8) is 0 Å². The summed E-state index contributed by atoms with van der Waals surface area (Å²) in [6, 6.07) is 8.21. The molecule has 2 aromatic rings. The van der Waals surface area contributed by atoms with Gasteiger partial charge in [0, 0.05) is 10.4 Å². The van der Waals surface area contributed by atoms with Crippen molar-refractivity contribution in [2.24, 2.45) is 0 Å². The Kier molecular flexibility index (Phi) is 3.26. The van der Waals surface area contributed by atoms with E-state index in [1.807, 2.05) is 26.0 Å². The Hall–Kier alpha value is -1.81. The molecule has 1 aromatic carbocycles. The van der Waals surface area contributed by atoms with Crippen LogP contribution in [-0.4, -0.2) is 12.1 Å². The quantitative estimate of drug-likeness (QED) is 0.858. The number of carbonyl (C=O) groups excluding carboxylic acids is 1. The van der Waals surface area contributed by atoms with Gasteiger partial charge in [0.1, 0.15) is 10.6 Å². The predicted octanol–water partition coefficient (Wildman–Crippen LogP) is 3.66. The normalized spacial score (nSPS) is 12.9. The van der Waals surface area contributed by atoms with E-state index in [4.69, 9.17) is 10.5 Å². The highest BCUT2D eigenvalue weighted by molar-refractivity contribution is 7.17. The third kappa shape index (κ3) is 2.10. The van der Waals surface area contributed by atoms with Crippen LogP contribution in [-0.2, 0) is 17.6 Å². The van der Waals surface area contributed by atoms with E-state index >= 15 is 0 Å². The van der Waals surface area contributed by atoms with Crippen LogP contribution in [0.4, 0.5) is 5.00 Å². The molecule has 104 valence electrons. The molecule has 0 unspecified atom stereocenters. The van der Waals surface area contributed by atoms with Gasteiger partial charge in [-0.2, -0.15) is 0 Å². The summed E-state index contributed by atoms with van der Waals surface area (Å²) >= 11 is 1.51. The summed E-state index contributed by atoms with van der Waals surface area (Å²) in [7, 11) is 0. The van der Waals surface area contributed by atoms with Crippen LogP contribution < -0.4 is 5.73 Å². The largest absolute Gasteiger partial charge is 0.459 e. The SMILES string of the molecule is CC(C)OC(=O)c1c(N)sc2c1-c1ccccc1CC2. The number of hydrogen-bond donors (Lipinski definition) is 1. The first-order chi connectivity index (χ1) is 9.58. The smallest absolute Gasteiger partial charge is 0.342 e. The number of thiophene rings is 1. The molecule has 3 rings (SSSR count). The van der Waals surface area contributed by atoms with Gasteiger partial charge in [0.2, 0.25) is 0 Å². The average molecular weight is 287 g/mol. The number of hydrogen-bond acceptors (Lipinski definition) is 4. The fourth-order valence-corrected chi connectivity index (χ4v) is 3.74. The van der Waals surface area contributed by atoms with E-state index in [0.717, 1.165) is 24.0 Å². The number of ether oxygens (including phenoxy) is 1. The summed E-state index contributed by atoms with van der Waals surface area (Å²) in [5, 5.41) is 0.567. The molecule has 0 amide bonds. The topological polar surface area (TPSA) is 52.3 Å². The van der Waals surface area contributed by atoms with E-state index < -0.39 is 0 Å². The Morgan fingerprint density at radius 1 is 1.30 bits per heavy atom. The molecule has 0 atom stereocenters. The third-order valence-corrected chi connectivity index (χ3v) is 4.54. The van der Waals surface area contributed by atoms with E-state index in [9.17, 15) is 4.79 Å². The van der Waals surface area contributed by atoms with Gasteiger partial charge >= 0.3 is 5.97 Å².